The monoisotopic (exact) mass is 340 g/mol. The van der Waals surface area contributed by atoms with Gasteiger partial charge in [0.15, 0.2) is 0 Å². The third kappa shape index (κ3) is 5.04. The molecule has 1 aromatic heterocycles. The number of nitrogens with zero attached hydrogens (tertiary/aromatic N) is 1. The number of rotatable bonds is 7. The normalized spacial score (nSPS) is 10.8. The number of carbonyl (C=O) groups is 1. The molecule has 0 unspecified atom stereocenters. The van der Waals surface area contributed by atoms with Gasteiger partial charge in [-0.05, 0) is 42.7 Å². The molecule has 5 nitrogen and oxygen atoms in total. The van der Waals surface area contributed by atoms with Crippen LogP contribution in [0, 0.1) is 5.82 Å². The Balaban J connectivity index is 1.32. The van der Waals surface area contributed by atoms with Crippen LogP contribution in [0.1, 0.15) is 17.8 Å². The Hall–Kier alpha value is -2.89. The number of nitrogens with one attached hydrogen (secondary N) is 3. The zero-order chi connectivity index (χ0) is 17.5. The number of benzene rings is 2. The van der Waals surface area contributed by atoms with Crippen LogP contribution in [0.4, 0.5) is 9.18 Å². The lowest BCUT2D eigenvalue weighted by molar-refractivity contribution is 0.241. The van der Waals surface area contributed by atoms with E-state index >= 15 is 0 Å². The van der Waals surface area contributed by atoms with E-state index in [0.29, 0.717) is 19.5 Å². The van der Waals surface area contributed by atoms with Crippen molar-refractivity contribution in [3.63, 3.8) is 0 Å². The molecule has 0 fully saturated rings. The molecule has 130 valence electrons. The number of urea groups is 1. The minimum atomic E-state index is -0.257. The molecule has 0 aliphatic carbocycles. The van der Waals surface area contributed by atoms with E-state index in [9.17, 15) is 9.18 Å². The minimum absolute atomic E-state index is 0.207. The van der Waals surface area contributed by atoms with Gasteiger partial charge < -0.3 is 15.6 Å². The van der Waals surface area contributed by atoms with Gasteiger partial charge in [0.25, 0.3) is 0 Å². The van der Waals surface area contributed by atoms with E-state index in [2.05, 4.69) is 20.6 Å². The van der Waals surface area contributed by atoms with Gasteiger partial charge >= 0.3 is 6.03 Å². The Morgan fingerprint density at radius 1 is 1.04 bits per heavy atom. The van der Waals surface area contributed by atoms with E-state index in [-0.39, 0.29) is 11.8 Å². The van der Waals surface area contributed by atoms with Crippen LogP contribution >= 0.6 is 0 Å². The highest BCUT2D eigenvalue weighted by Crippen LogP contribution is 2.11. The summed E-state index contributed by atoms with van der Waals surface area (Å²) in [4.78, 5) is 19.5. The first kappa shape index (κ1) is 17.0. The molecule has 0 radical (unpaired) electrons. The number of aromatic amines is 1. The van der Waals surface area contributed by atoms with Crippen LogP contribution in [0.3, 0.4) is 0 Å². The van der Waals surface area contributed by atoms with Gasteiger partial charge in [0.05, 0.1) is 11.0 Å². The molecule has 1 heterocycles. The molecule has 0 aliphatic rings. The number of carbonyl (C=O) groups excluding carboxylic acids is 1. The summed E-state index contributed by atoms with van der Waals surface area (Å²) in [7, 11) is 0. The van der Waals surface area contributed by atoms with E-state index < -0.39 is 0 Å². The minimum Gasteiger partial charge on any atom is -0.342 e. The highest BCUT2D eigenvalue weighted by atomic mass is 19.1. The fourth-order valence-corrected chi connectivity index (χ4v) is 2.66. The summed E-state index contributed by atoms with van der Waals surface area (Å²) in [5.74, 6) is 0.669. The fraction of sp³-hybridized carbons (Fsp3) is 0.263. The maximum atomic E-state index is 13.1. The largest absolute Gasteiger partial charge is 0.342 e. The lowest BCUT2D eigenvalue weighted by Crippen LogP contribution is -2.37. The molecule has 2 aromatic carbocycles. The smallest absolute Gasteiger partial charge is 0.314 e. The molecular weight excluding hydrogens is 319 g/mol. The highest BCUT2D eigenvalue weighted by Gasteiger charge is 2.03. The molecule has 25 heavy (non-hydrogen) atoms. The van der Waals surface area contributed by atoms with Crippen molar-refractivity contribution in [3.8, 4) is 0 Å². The zero-order valence-corrected chi connectivity index (χ0v) is 13.9. The van der Waals surface area contributed by atoms with Crippen molar-refractivity contribution < 1.29 is 9.18 Å². The van der Waals surface area contributed by atoms with E-state index in [1.807, 2.05) is 30.3 Å². The van der Waals surface area contributed by atoms with E-state index in [1.54, 1.807) is 6.07 Å². The maximum absolute atomic E-state index is 13.1. The van der Waals surface area contributed by atoms with Gasteiger partial charge in [-0.25, -0.2) is 14.2 Å². The number of halogens is 1. The molecule has 0 saturated carbocycles. The molecule has 0 spiro atoms. The molecule has 6 heteroatoms. The van der Waals surface area contributed by atoms with Crippen molar-refractivity contribution in [1.82, 2.24) is 20.6 Å². The van der Waals surface area contributed by atoms with Crippen LogP contribution in [0.25, 0.3) is 11.0 Å². The zero-order valence-electron chi connectivity index (χ0n) is 13.9. The number of para-hydroxylation sites is 2. The standard InChI is InChI=1S/C19H21FN4O/c20-15-6-3-5-14(13-15)10-12-22-19(25)21-11-4-9-18-23-16-7-1-2-8-17(16)24-18/h1-3,5-8,13H,4,9-12H2,(H,23,24)(H2,21,22,25). The Kier molecular flexibility index (Phi) is 5.61. The average Bonchev–Trinajstić information content (AvgIpc) is 3.02. The molecule has 3 aromatic rings. The summed E-state index contributed by atoms with van der Waals surface area (Å²) in [5, 5.41) is 5.59. The van der Waals surface area contributed by atoms with Crippen LogP contribution in [0.2, 0.25) is 0 Å². The first-order valence-electron chi connectivity index (χ1n) is 8.40. The van der Waals surface area contributed by atoms with Gasteiger partial charge in [-0.1, -0.05) is 24.3 Å². The van der Waals surface area contributed by atoms with Crippen molar-refractivity contribution in [1.29, 1.82) is 0 Å². The number of aryl methyl sites for hydroxylation is 1. The molecular formula is C19H21FN4O. The topological polar surface area (TPSA) is 69.8 Å². The quantitative estimate of drug-likeness (QED) is 0.578. The summed E-state index contributed by atoms with van der Waals surface area (Å²) in [6.07, 6.45) is 2.18. The van der Waals surface area contributed by atoms with Crippen molar-refractivity contribution in [2.24, 2.45) is 0 Å². The predicted molar refractivity (Wildman–Crippen MR) is 95.9 cm³/mol. The Morgan fingerprint density at radius 2 is 1.88 bits per heavy atom. The number of hydrogen-bond donors (Lipinski definition) is 3. The van der Waals surface area contributed by atoms with Crippen molar-refractivity contribution in [2.75, 3.05) is 13.1 Å². The molecule has 0 saturated heterocycles. The second-order valence-electron chi connectivity index (χ2n) is 5.87. The molecule has 2 amide bonds. The van der Waals surface area contributed by atoms with E-state index in [0.717, 1.165) is 35.3 Å². The van der Waals surface area contributed by atoms with Gasteiger partial charge in [0.2, 0.25) is 0 Å². The number of fused-ring (bicyclic) bond motifs is 1. The Morgan fingerprint density at radius 3 is 2.72 bits per heavy atom. The van der Waals surface area contributed by atoms with Crippen molar-refractivity contribution >= 4 is 17.1 Å². The second-order valence-corrected chi connectivity index (χ2v) is 5.87. The molecule has 0 atom stereocenters. The number of H-pyrrole nitrogens is 1. The highest BCUT2D eigenvalue weighted by molar-refractivity contribution is 5.75. The van der Waals surface area contributed by atoms with Gasteiger partial charge in [-0.2, -0.15) is 0 Å². The van der Waals surface area contributed by atoms with Crippen LogP contribution in [0.5, 0.6) is 0 Å². The molecule has 3 rings (SSSR count). The van der Waals surface area contributed by atoms with Crippen molar-refractivity contribution in [3.05, 3.63) is 65.7 Å². The lowest BCUT2D eigenvalue weighted by Gasteiger charge is -2.07. The van der Waals surface area contributed by atoms with E-state index in [4.69, 9.17) is 0 Å². The summed E-state index contributed by atoms with van der Waals surface area (Å²) in [6, 6.07) is 14.1. The van der Waals surface area contributed by atoms with Crippen LogP contribution in [-0.4, -0.2) is 29.1 Å². The van der Waals surface area contributed by atoms with Gasteiger partial charge in [-0.3, -0.25) is 0 Å². The third-order valence-electron chi connectivity index (χ3n) is 3.90. The number of hydrogen-bond acceptors (Lipinski definition) is 2. The van der Waals surface area contributed by atoms with Crippen LogP contribution in [0.15, 0.2) is 48.5 Å². The maximum Gasteiger partial charge on any atom is 0.314 e. The second kappa shape index (κ2) is 8.28. The predicted octanol–water partition coefficient (Wildman–Crippen LogP) is 3.18. The average molecular weight is 340 g/mol. The summed E-state index contributed by atoms with van der Waals surface area (Å²) in [6.45, 7) is 1.04. The molecule has 3 N–H and O–H groups in total. The number of amides is 2. The number of imidazole rings is 1. The van der Waals surface area contributed by atoms with Crippen LogP contribution < -0.4 is 10.6 Å². The van der Waals surface area contributed by atoms with Gasteiger partial charge in [0.1, 0.15) is 11.6 Å². The summed E-state index contributed by atoms with van der Waals surface area (Å²) >= 11 is 0. The molecule has 0 aliphatic heterocycles. The summed E-state index contributed by atoms with van der Waals surface area (Å²) in [5.41, 5.74) is 2.85. The van der Waals surface area contributed by atoms with Gasteiger partial charge in [0, 0.05) is 19.5 Å². The Bertz CT molecular complexity index is 813. The van der Waals surface area contributed by atoms with E-state index in [1.165, 1.54) is 12.1 Å². The third-order valence-corrected chi connectivity index (χ3v) is 3.90. The van der Waals surface area contributed by atoms with Crippen molar-refractivity contribution in [2.45, 2.75) is 19.3 Å². The first-order chi connectivity index (χ1) is 12.2. The SMILES string of the molecule is O=C(NCCCc1nc2ccccc2[nH]1)NCCc1cccc(F)c1. The van der Waals surface area contributed by atoms with Crippen LogP contribution in [-0.2, 0) is 12.8 Å². The lowest BCUT2D eigenvalue weighted by atomic mass is 10.1. The summed E-state index contributed by atoms with van der Waals surface area (Å²) < 4.78 is 13.1. The Labute approximate surface area is 145 Å². The number of aromatic nitrogens is 2. The van der Waals surface area contributed by atoms with Gasteiger partial charge in [-0.15, -0.1) is 0 Å². The molecule has 0 bridgehead atoms. The first-order valence-corrected chi connectivity index (χ1v) is 8.40. The fourth-order valence-electron chi connectivity index (χ4n) is 2.66.